The third-order valence-corrected chi connectivity index (χ3v) is 4.55. The molecule has 20 heavy (non-hydrogen) atoms. The Kier molecular flexibility index (Phi) is 4.59. The van der Waals surface area contributed by atoms with Crippen LogP contribution in [0.3, 0.4) is 0 Å². The zero-order valence-corrected chi connectivity index (χ0v) is 12.4. The number of hydrogen-bond donors (Lipinski definition) is 2. The second-order valence-electron chi connectivity index (χ2n) is 5.12. The lowest BCUT2D eigenvalue weighted by Gasteiger charge is -2.31. The van der Waals surface area contributed by atoms with E-state index in [1.807, 2.05) is 19.2 Å². The predicted molar refractivity (Wildman–Crippen MR) is 75.7 cm³/mol. The molecule has 7 heteroatoms. The van der Waals surface area contributed by atoms with Gasteiger partial charge in [0, 0.05) is 24.2 Å². The van der Waals surface area contributed by atoms with E-state index >= 15 is 0 Å². The summed E-state index contributed by atoms with van der Waals surface area (Å²) in [6.07, 6.45) is 1.37. The van der Waals surface area contributed by atoms with Crippen LogP contribution in [0.5, 0.6) is 0 Å². The maximum absolute atomic E-state index is 12.2. The van der Waals surface area contributed by atoms with Gasteiger partial charge in [0.05, 0.1) is 12.0 Å². The maximum atomic E-state index is 12.2. The Balaban J connectivity index is 1.92. The highest BCUT2D eigenvalue weighted by atomic mass is 32.1. The largest absolute Gasteiger partial charge is 0.481 e. The summed E-state index contributed by atoms with van der Waals surface area (Å²) in [4.78, 5) is 29.1. The van der Waals surface area contributed by atoms with Crippen molar-refractivity contribution in [1.82, 2.24) is 15.2 Å². The lowest BCUT2D eigenvalue weighted by Crippen LogP contribution is -2.47. The predicted octanol–water partition coefficient (Wildman–Crippen LogP) is 2.02. The minimum absolute atomic E-state index is 0.161. The first kappa shape index (κ1) is 14.8. The van der Waals surface area contributed by atoms with Crippen LogP contribution in [0, 0.1) is 12.8 Å². The molecule has 2 atom stereocenters. The number of carbonyl (C=O) groups is 2. The van der Waals surface area contributed by atoms with Crippen molar-refractivity contribution in [3.63, 3.8) is 0 Å². The molecule has 2 N–H and O–H groups in total. The highest BCUT2D eigenvalue weighted by Gasteiger charge is 2.28. The molecular formula is C13H19N3O3S. The molecule has 1 aromatic heterocycles. The Hall–Kier alpha value is -1.63. The summed E-state index contributed by atoms with van der Waals surface area (Å²) < 4.78 is 0. The molecule has 1 aromatic rings. The lowest BCUT2D eigenvalue weighted by atomic mass is 9.99. The standard InChI is InChI=1S/C13H19N3O3S/c1-8-7-20-11(14-8)9(2)15-13(19)16-5-3-4-10(6-16)12(17)18/h7,9-10H,3-6H2,1-2H3,(H,15,19)(H,17,18)/t9?,10-/m0/s1. The van der Waals surface area contributed by atoms with E-state index in [1.54, 1.807) is 4.90 Å². The number of urea groups is 1. The van der Waals surface area contributed by atoms with E-state index in [4.69, 9.17) is 5.11 Å². The van der Waals surface area contributed by atoms with Gasteiger partial charge in [-0.15, -0.1) is 11.3 Å². The summed E-state index contributed by atoms with van der Waals surface area (Å²) in [6.45, 7) is 4.69. The van der Waals surface area contributed by atoms with Crippen LogP contribution in [-0.4, -0.2) is 40.1 Å². The summed E-state index contributed by atoms with van der Waals surface area (Å²) in [7, 11) is 0. The summed E-state index contributed by atoms with van der Waals surface area (Å²) in [5.74, 6) is -1.28. The molecule has 0 aromatic carbocycles. The van der Waals surface area contributed by atoms with Crippen LogP contribution in [0.15, 0.2) is 5.38 Å². The van der Waals surface area contributed by atoms with Gasteiger partial charge in [0.25, 0.3) is 0 Å². The number of piperidine rings is 1. The number of thiazole rings is 1. The molecule has 2 rings (SSSR count). The van der Waals surface area contributed by atoms with Gasteiger partial charge in [0.1, 0.15) is 5.01 Å². The number of aliphatic carboxylic acids is 1. The first-order valence-electron chi connectivity index (χ1n) is 6.67. The molecule has 1 fully saturated rings. The van der Waals surface area contributed by atoms with E-state index < -0.39 is 11.9 Å². The normalized spacial score (nSPS) is 20.5. The third-order valence-electron chi connectivity index (χ3n) is 3.41. The molecule has 6 nitrogen and oxygen atoms in total. The second kappa shape index (κ2) is 6.21. The summed E-state index contributed by atoms with van der Waals surface area (Å²) in [6, 6.07) is -0.372. The quantitative estimate of drug-likeness (QED) is 0.894. The number of aromatic nitrogens is 1. The Bertz CT molecular complexity index is 503. The number of likely N-dealkylation sites (tertiary alicyclic amines) is 1. The van der Waals surface area contributed by atoms with Crippen molar-refractivity contribution < 1.29 is 14.7 Å². The van der Waals surface area contributed by atoms with Gasteiger partial charge in [-0.3, -0.25) is 4.79 Å². The number of amides is 2. The van der Waals surface area contributed by atoms with Crippen molar-refractivity contribution in [3.05, 3.63) is 16.1 Å². The summed E-state index contributed by atoms with van der Waals surface area (Å²) in [5, 5.41) is 14.7. The summed E-state index contributed by atoms with van der Waals surface area (Å²) in [5.41, 5.74) is 0.940. The molecule has 1 aliphatic heterocycles. The Morgan fingerprint density at radius 1 is 1.60 bits per heavy atom. The fourth-order valence-electron chi connectivity index (χ4n) is 2.27. The number of carboxylic acid groups (broad SMARTS) is 1. The van der Waals surface area contributed by atoms with Gasteiger partial charge in [-0.2, -0.15) is 0 Å². The Morgan fingerprint density at radius 2 is 2.35 bits per heavy atom. The molecular weight excluding hydrogens is 278 g/mol. The monoisotopic (exact) mass is 297 g/mol. The zero-order valence-electron chi connectivity index (χ0n) is 11.6. The molecule has 0 spiro atoms. The van der Waals surface area contributed by atoms with Crippen LogP contribution < -0.4 is 5.32 Å². The van der Waals surface area contributed by atoms with Crippen LogP contribution >= 0.6 is 11.3 Å². The molecule has 0 saturated carbocycles. The molecule has 0 aliphatic carbocycles. The van der Waals surface area contributed by atoms with E-state index in [2.05, 4.69) is 10.3 Å². The topological polar surface area (TPSA) is 82.5 Å². The van der Waals surface area contributed by atoms with Crippen molar-refractivity contribution in [3.8, 4) is 0 Å². The Labute approximate surface area is 121 Å². The molecule has 1 aliphatic rings. The molecule has 1 saturated heterocycles. The second-order valence-corrected chi connectivity index (χ2v) is 6.01. The van der Waals surface area contributed by atoms with E-state index in [0.29, 0.717) is 13.0 Å². The summed E-state index contributed by atoms with van der Waals surface area (Å²) >= 11 is 1.51. The number of nitrogens with one attached hydrogen (secondary N) is 1. The molecule has 1 unspecified atom stereocenters. The van der Waals surface area contributed by atoms with Gasteiger partial charge in [-0.25, -0.2) is 9.78 Å². The van der Waals surface area contributed by atoms with Crippen LogP contribution in [-0.2, 0) is 4.79 Å². The molecule has 2 heterocycles. The average molecular weight is 297 g/mol. The number of aryl methyl sites for hydroxylation is 1. The Morgan fingerprint density at radius 3 is 2.95 bits per heavy atom. The smallest absolute Gasteiger partial charge is 0.317 e. The number of nitrogens with zero attached hydrogens (tertiary/aromatic N) is 2. The molecule has 2 amide bonds. The molecule has 0 radical (unpaired) electrons. The minimum atomic E-state index is -0.828. The van der Waals surface area contributed by atoms with Crippen molar-refractivity contribution >= 4 is 23.3 Å². The first-order chi connectivity index (χ1) is 9.47. The molecule has 110 valence electrons. The van der Waals surface area contributed by atoms with E-state index in [-0.39, 0.29) is 18.6 Å². The third kappa shape index (κ3) is 3.47. The zero-order chi connectivity index (χ0) is 14.7. The van der Waals surface area contributed by atoms with Gasteiger partial charge < -0.3 is 15.3 Å². The van der Waals surface area contributed by atoms with Gasteiger partial charge in [-0.05, 0) is 26.7 Å². The number of carboxylic acids is 1. The number of carbonyl (C=O) groups excluding carboxylic acids is 1. The minimum Gasteiger partial charge on any atom is -0.481 e. The van der Waals surface area contributed by atoms with Crippen molar-refractivity contribution in [2.45, 2.75) is 32.7 Å². The average Bonchev–Trinajstić information content (AvgIpc) is 2.85. The van der Waals surface area contributed by atoms with Gasteiger partial charge in [-0.1, -0.05) is 0 Å². The maximum Gasteiger partial charge on any atom is 0.317 e. The van der Waals surface area contributed by atoms with Crippen LogP contribution in [0.2, 0.25) is 0 Å². The van der Waals surface area contributed by atoms with Crippen molar-refractivity contribution in [1.29, 1.82) is 0 Å². The van der Waals surface area contributed by atoms with E-state index in [1.165, 1.54) is 11.3 Å². The van der Waals surface area contributed by atoms with Gasteiger partial charge >= 0.3 is 12.0 Å². The van der Waals surface area contributed by atoms with Crippen LogP contribution in [0.4, 0.5) is 4.79 Å². The molecule has 0 bridgehead atoms. The highest BCUT2D eigenvalue weighted by Crippen LogP contribution is 2.20. The fourth-order valence-corrected chi connectivity index (χ4v) is 3.08. The number of rotatable bonds is 3. The number of hydrogen-bond acceptors (Lipinski definition) is 4. The van der Waals surface area contributed by atoms with Crippen LogP contribution in [0.25, 0.3) is 0 Å². The van der Waals surface area contributed by atoms with E-state index in [9.17, 15) is 9.59 Å². The fraction of sp³-hybridized carbons (Fsp3) is 0.615. The van der Waals surface area contributed by atoms with Crippen molar-refractivity contribution in [2.75, 3.05) is 13.1 Å². The van der Waals surface area contributed by atoms with E-state index in [0.717, 1.165) is 17.1 Å². The van der Waals surface area contributed by atoms with Crippen LogP contribution in [0.1, 0.15) is 36.5 Å². The first-order valence-corrected chi connectivity index (χ1v) is 7.55. The van der Waals surface area contributed by atoms with Crippen molar-refractivity contribution in [2.24, 2.45) is 5.92 Å². The van der Waals surface area contributed by atoms with Gasteiger partial charge in [0.2, 0.25) is 0 Å². The highest BCUT2D eigenvalue weighted by molar-refractivity contribution is 7.09. The SMILES string of the molecule is Cc1csc(C(C)NC(=O)N2CCC[C@H](C(=O)O)C2)n1. The lowest BCUT2D eigenvalue weighted by molar-refractivity contribution is -0.143. The van der Waals surface area contributed by atoms with Gasteiger partial charge in [0.15, 0.2) is 0 Å².